The third-order valence-corrected chi connectivity index (χ3v) is 10.9. The highest BCUT2D eigenvalue weighted by atomic mass is 17.2. The Morgan fingerprint density at radius 2 is 1.48 bits per heavy atom. The number of amides is 3. The van der Waals surface area contributed by atoms with Crippen molar-refractivity contribution in [2.75, 3.05) is 27.3 Å². The molecular weight excluding hydrogens is 761 g/mol. The number of aromatic nitrogens is 4. The van der Waals surface area contributed by atoms with Gasteiger partial charge in [-0.2, -0.15) is 9.99 Å². The van der Waals surface area contributed by atoms with Crippen molar-refractivity contribution in [3.63, 3.8) is 0 Å². The van der Waals surface area contributed by atoms with Crippen LogP contribution in [0.5, 0.6) is 0 Å². The molecule has 3 amide bonds. The Bertz CT molecular complexity index is 2540. The van der Waals surface area contributed by atoms with E-state index in [2.05, 4.69) is 42.2 Å². The molecule has 14 nitrogen and oxygen atoms in total. The molecule has 2 aliphatic rings. The van der Waals surface area contributed by atoms with E-state index in [1.807, 2.05) is 114 Å². The van der Waals surface area contributed by atoms with Crippen LogP contribution in [0.25, 0.3) is 22.3 Å². The van der Waals surface area contributed by atoms with Crippen LogP contribution in [0, 0.1) is 11.8 Å². The number of alkyl carbamates (subject to hydrolysis) is 1. The van der Waals surface area contributed by atoms with Gasteiger partial charge < -0.3 is 29.7 Å². The largest absolute Gasteiger partial charge is 0.453 e. The summed E-state index contributed by atoms with van der Waals surface area (Å²) in [5.41, 5.74) is 7.21. The van der Waals surface area contributed by atoms with Crippen LogP contribution >= 0.6 is 0 Å². The molecule has 2 aromatic heterocycles. The number of ether oxygens (including phenoxy) is 1. The van der Waals surface area contributed by atoms with Crippen LogP contribution in [0.3, 0.4) is 0 Å². The van der Waals surface area contributed by atoms with Crippen LogP contribution in [0.4, 0.5) is 4.79 Å². The van der Waals surface area contributed by atoms with E-state index >= 15 is 0 Å². The summed E-state index contributed by atoms with van der Waals surface area (Å²) >= 11 is 0. The maximum Gasteiger partial charge on any atom is 0.407 e. The molecule has 0 radical (unpaired) electrons. The van der Waals surface area contributed by atoms with E-state index in [0.717, 1.165) is 82.6 Å². The van der Waals surface area contributed by atoms with Crippen LogP contribution in [0.15, 0.2) is 114 Å². The first-order chi connectivity index (χ1) is 29.4. The summed E-state index contributed by atoms with van der Waals surface area (Å²) in [6.07, 6.45) is 3.69. The predicted molar refractivity (Wildman–Crippen MR) is 224 cm³/mol. The number of fused-ring (bicyclic) bond motifs is 1. The monoisotopic (exact) mass is 804 g/mol. The lowest BCUT2D eigenvalue weighted by Crippen LogP contribution is -2.42. The van der Waals surface area contributed by atoms with E-state index in [1.165, 1.54) is 14.2 Å². The fourth-order valence-electron chi connectivity index (χ4n) is 7.95. The number of carbonyl (C=O) groups is 3. The van der Waals surface area contributed by atoms with E-state index in [0.29, 0.717) is 18.7 Å². The fourth-order valence-corrected chi connectivity index (χ4v) is 7.95. The number of aliphatic imine (C=N–C) groups is 1. The number of imidazole rings is 1. The number of aromatic amines is 2. The van der Waals surface area contributed by atoms with Gasteiger partial charge in [0.25, 0.3) is 5.91 Å². The number of hydrogen-bond acceptors (Lipinski definition) is 9. The molecule has 3 N–H and O–H groups in total. The molecule has 0 spiro atoms. The van der Waals surface area contributed by atoms with Crippen LogP contribution in [0.1, 0.15) is 83.6 Å². The minimum Gasteiger partial charge on any atom is -0.453 e. The first-order valence-electron chi connectivity index (χ1n) is 19.8. The number of rotatable bonds is 11. The van der Waals surface area contributed by atoms with Gasteiger partial charge in [-0.1, -0.05) is 84.6 Å². The number of methoxy groups -OCH3 is 1. The van der Waals surface area contributed by atoms with Gasteiger partial charge in [-0.3, -0.25) is 14.7 Å². The van der Waals surface area contributed by atoms with Gasteiger partial charge in [-0.05, 0) is 73.2 Å². The van der Waals surface area contributed by atoms with E-state index in [1.54, 1.807) is 4.90 Å². The number of benzene rings is 4. The molecule has 0 bridgehead atoms. The van der Waals surface area contributed by atoms with Crippen molar-refractivity contribution in [2.24, 2.45) is 4.99 Å². The van der Waals surface area contributed by atoms with Crippen molar-refractivity contribution in [2.45, 2.75) is 49.9 Å². The summed E-state index contributed by atoms with van der Waals surface area (Å²) in [6, 6.07) is 32.2. The summed E-state index contributed by atoms with van der Waals surface area (Å²) < 4.78 is 4.83. The molecule has 2 saturated heterocycles. The van der Waals surface area contributed by atoms with Gasteiger partial charge in [0, 0.05) is 29.8 Å². The van der Waals surface area contributed by atoms with Crippen molar-refractivity contribution in [3.05, 3.63) is 143 Å². The number of hydrogen-bond donors (Lipinski definition) is 3. The Labute approximate surface area is 346 Å². The molecule has 2 fully saturated rings. The number of likely N-dealkylation sites (tertiary alicyclic amines) is 2. The van der Waals surface area contributed by atoms with Gasteiger partial charge in [0.05, 0.1) is 48.7 Å². The molecule has 60 heavy (non-hydrogen) atoms. The lowest BCUT2D eigenvalue weighted by molar-refractivity contribution is -0.188. The lowest BCUT2D eigenvalue weighted by atomic mass is 10.0. The van der Waals surface area contributed by atoms with Crippen molar-refractivity contribution in [1.29, 1.82) is 0 Å². The molecule has 0 unspecified atom stereocenters. The summed E-state index contributed by atoms with van der Waals surface area (Å²) in [5, 5.41) is 10.5. The third-order valence-electron chi connectivity index (χ3n) is 10.9. The van der Waals surface area contributed by atoms with Gasteiger partial charge in [-0.25, -0.2) is 14.8 Å². The second kappa shape index (κ2) is 18.1. The molecule has 2 aliphatic heterocycles. The Kier molecular flexibility index (Phi) is 12.0. The molecule has 14 heteroatoms. The molecule has 4 heterocycles. The van der Waals surface area contributed by atoms with Gasteiger partial charge in [0.1, 0.15) is 11.9 Å². The maximum absolute atomic E-state index is 13.9. The van der Waals surface area contributed by atoms with Crippen LogP contribution < -0.4 is 5.32 Å². The number of H-pyrrole nitrogens is 2. The third kappa shape index (κ3) is 8.62. The molecule has 0 saturated carbocycles. The SMILES string of the molecule is COOC=N[C@@H](C(=O)N1CCC[C@H]1c1nc2ccc(C#Cc3ccc(-c4cc([C@@H]5CCCN5C(=O)[C@H](NC(=O)OC)c5ccccc5)[nH]n4)cc3)cc2[nH]1)c1ccccc1. The second-order valence-corrected chi connectivity index (χ2v) is 14.6. The normalized spacial score (nSPS) is 17.3. The average molecular weight is 805 g/mol. The summed E-state index contributed by atoms with van der Waals surface area (Å²) in [5.74, 6) is 6.92. The Morgan fingerprint density at radius 3 is 2.20 bits per heavy atom. The molecule has 4 aromatic carbocycles. The van der Waals surface area contributed by atoms with E-state index < -0.39 is 18.2 Å². The predicted octanol–water partition coefficient (Wildman–Crippen LogP) is 7.12. The molecule has 4 atom stereocenters. The van der Waals surface area contributed by atoms with Crippen molar-refractivity contribution >= 4 is 35.3 Å². The lowest BCUT2D eigenvalue weighted by Gasteiger charge is -2.28. The Morgan fingerprint density at radius 1 is 0.817 bits per heavy atom. The Hall–Kier alpha value is -7.24. The van der Waals surface area contributed by atoms with Gasteiger partial charge in [0.15, 0.2) is 6.04 Å². The molecular formula is C46H44N8O6. The number of nitrogens with one attached hydrogen (secondary N) is 3. The van der Waals surface area contributed by atoms with Crippen molar-refractivity contribution < 1.29 is 28.9 Å². The topological polar surface area (TPSA) is 167 Å². The van der Waals surface area contributed by atoms with Crippen molar-refractivity contribution in [1.82, 2.24) is 35.3 Å². The maximum atomic E-state index is 13.9. The van der Waals surface area contributed by atoms with E-state index in [-0.39, 0.29) is 23.9 Å². The first-order valence-corrected chi connectivity index (χ1v) is 19.8. The summed E-state index contributed by atoms with van der Waals surface area (Å²) in [6.45, 7) is 1.15. The summed E-state index contributed by atoms with van der Waals surface area (Å²) in [4.78, 5) is 65.9. The molecule has 8 rings (SSSR count). The highest BCUT2D eigenvalue weighted by molar-refractivity contribution is 5.88. The van der Waals surface area contributed by atoms with Gasteiger partial charge >= 0.3 is 6.09 Å². The van der Waals surface area contributed by atoms with E-state index in [4.69, 9.17) is 14.6 Å². The number of nitrogens with zero attached hydrogens (tertiary/aromatic N) is 5. The highest BCUT2D eigenvalue weighted by Gasteiger charge is 2.38. The fraction of sp³-hybridized carbons (Fsp3) is 0.261. The zero-order valence-corrected chi connectivity index (χ0v) is 33.2. The highest BCUT2D eigenvalue weighted by Crippen LogP contribution is 2.36. The van der Waals surface area contributed by atoms with Crippen LogP contribution in [-0.4, -0.2) is 81.6 Å². The number of carbonyl (C=O) groups excluding carboxylic acids is 3. The minimum absolute atomic E-state index is 0.138. The zero-order chi connectivity index (χ0) is 41.4. The van der Waals surface area contributed by atoms with Gasteiger partial charge in [-0.15, -0.1) is 0 Å². The molecule has 0 aliphatic carbocycles. The average Bonchev–Trinajstić information content (AvgIpc) is 4.13. The van der Waals surface area contributed by atoms with Crippen molar-refractivity contribution in [3.8, 4) is 23.1 Å². The standard InChI is InChI=1S/C46H44N8O6/c1-58-46(57)50-42(34-13-7-4-8-14-34)45(56)53-25-9-15-39(53)38-28-36(51-52-38)32-22-19-30(20-23-32)17-18-31-21-24-35-37(27-31)49-43(48-35)40-16-10-26-54(40)44(55)41(47-29-60-59-2)33-11-5-3-6-12-33/h3-8,11-14,19-24,27-29,39-42H,9-10,15-16,25-26H2,1-2H3,(H,48,49)(H,50,57)(H,51,52)/t39-,40-,41+,42+/m0/s1. The smallest absolute Gasteiger partial charge is 0.407 e. The minimum atomic E-state index is -0.878. The summed E-state index contributed by atoms with van der Waals surface area (Å²) in [7, 11) is 2.66. The van der Waals surface area contributed by atoms with E-state index in [9.17, 15) is 14.4 Å². The van der Waals surface area contributed by atoms with Crippen LogP contribution in [0.2, 0.25) is 0 Å². The first kappa shape index (κ1) is 39.6. The Balaban J connectivity index is 0.939. The molecule has 6 aromatic rings. The van der Waals surface area contributed by atoms with Crippen LogP contribution in [-0.2, 0) is 24.1 Å². The molecule has 304 valence electrons. The zero-order valence-electron chi connectivity index (χ0n) is 33.2. The quantitative estimate of drug-likeness (QED) is 0.0409. The van der Waals surface area contributed by atoms with Gasteiger partial charge in [0.2, 0.25) is 12.3 Å². The second-order valence-electron chi connectivity index (χ2n) is 14.6.